The minimum Gasteiger partial charge on any atom is -0.345 e. The maximum atomic E-state index is 11.8. The lowest BCUT2D eigenvalue weighted by Gasteiger charge is -2.05. The Bertz CT molecular complexity index is 680. The number of sulfonamides is 1. The van der Waals surface area contributed by atoms with E-state index in [2.05, 4.69) is 30.7 Å². The van der Waals surface area contributed by atoms with Crippen LogP contribution < -0.4 is 10.0 Å². The molecule has 0 fully saturated rings. The van der Waals surface area contributed by atoms with E-state index in [0.717, 1.165) is 6.26 Å². The Balaban J connectivity index is 1.97. The van der Waals surface area contributed by atoms with Gasteiger partial charge in [-0.05, 0) is 24.3 Å². The fourth-order valence-electron chi connectivity index (χ4n) is 1.42. The molecular formula is C10H12N6O3S. The second-order valence-corrected chi connectivity index (χ2v) is 5.71. The molecular weight excluding hydrogens is 284 g/mol. The topological polar surface area (TPSA) is 130 Å². The number of carbonyl (C=O) groups excluding carboxylic acids is 1. The van der Waals surface area contributed by atoms with Crippen molar-refractivity contribution in [1.82, 2.24) is 25.9 Å². The molecule has 1 heterocycles. The van der Waals surface area contributed by atoms with Crippen LogP contribution in [0.2, 0.25) is 0 Å². The van der Waals surface area contributed by atoms with Gasteiger partial charge in [-0.25, -0.2) is 8.42 Å². The van der Waals surface area contributed by atoms with Gasteiger partial charge in [0.1, 0.15) is 0 Å². The molecule has 2 rings (SSSR count). The summed E-state index contributed by atoms with van der Waals surface area (Å²) in [5.74, 6) is 0.0504. The fourth-order valence-corrected chi connectivity index (χ4v) is 1.99. The number of nitrogens with zero attached hydrogens (tertiary/aromatic N) is 3. The second-order valence-electron chi connectivity index (χ2n) is 3.96. The van der Waals surface area contributed by atoms with Gasteiger partial charge >= 0.3 is 0 Å². The highest BCUT2D eigenvalue weighted by Gasteiger charge is 2.08. The summed E-state index contributed by atoms with van der Waals surface area (Å²) in [5, 5.41) is 15.6. The number of hydrogen-bond acceptors (Lipinski definition) is 6. The number of rotatable bonds is 5. The predicted octanol–water partition coefficient (Wildman–Crippen LogP) is -0.499. The first-order chi connectivity index (χ1) is 9.44. The van der Waals surface area contributed by atoms with Crippen LogP contribution in [0.25, 0.3) is 0 Å². The fraction of sp³-hybridized carbons (Fsp3) is 0.200. The van der Waals surface area contributed by atoms with Gasteiger partial charge in [-0.3, -0.25) is 9.52 Å². The van der Waals surface area contributed by atoms with E-state index in [4.69, 9.17) is 0 Å². The molecule has 9 nitrogen and oxygen atoms in total. The van der Waals surface area contributed by atoms with Gasteiger partial charge < -0.3 is 5.32 Å². The van der Waals surface area contributed by atoms with E-state index in [9.17, 15) is 13.2 Å². The zero-order valence-corrected chi connectivity index (χ0v) is 11.3. The van der Waals surface area contributed by atoms with Gasteiger partial charge in [0.05, 0.1) is 12.8 Å². The van der Waals surface area contributed by atoms with E-state index in [0.29, 0.717) is 17.1 Å². The average Bonchev–Trinajstić information content (AvgIpc) is 2.88. The molecule has 0 aliphatic rings. The van der Waals surface area contributed by atoms with Crippen molar-refractivity contribution in [3.05, 3.63) is 35.7 Å². The monoisotopic (exact) mass is 296 g/mol. The minimum atomic E-state index is -3.33. The Labute approximate surface area is 114 Å². The number of tetrazole rings is 1. The summed E-state index contributed by atoms with van der Waals surface area (Å²) in [6, 6.07) is 6.03. The summed E-state index contributed by atoms with van der Waals surface area (Å²) < 4.78 is 24.4. The molecule has 106 valence electrons. The molecule has 3 N–H and O–H groups in total. The zero-order chi connectivity index (χ0) is 14.6. The first-order valence-corrected chi connectivity index (χ1v) is 7.41. The minimum absolute atomic E-state index is 0.151. The van der Waals surface area contributed by atoms with E-state index in [1.807, 2.05) is 0 Å². The van der Waals surface area contributed by atoms with Crippen molar-refractivity contribution in [2.75, 3.05) is 11.0 Å². The lowest BCUT2D eigenvalue weighted by molar-refractivity contribution is 0.0950. The molecule has 1 amide bonds. The molecule has 0 saturated heterocycles. The largest absolute Gasteiger partial charge is 0.345 e. The summed E-state index contributed by atoms with van der Waals surface area (Å²) in [6.07, 6.45) is 1.05. The zero-order valence-electron chi connectivity index (χ0n) is 10.5. The van der Waals surface area contributed by atoms with Crippen LogP contribution >= 0.6 is 0 Å². The number of anilines is 1. The number of hydrogen-bond donors (Lipinski definition) is 3. The van der Waals surface area contributed by atoms with Crippen LogP contribution in [0.3, 0.4) is 0 Å². The van der Waals surface area contributed by atoms with Crippen LogP contribution in [-0.2, 0) is 16.6 Å². The van der Waals surface area contributed by atoms with E-state index in [-0.39, 0.29) is 12.5 Å². The second kappa shape index (κ2) is 5.65. The summed E-state index contributed by atoms with van der Waals surface area (Å²) >= 11 is 0. The first-order valence-electron chi connectivity index (χ1n) is 5.52. The molecule has 10 heteroatoms. The Morgan fingerprint density at radius 1 is 1.30 bits per heavy atom. The Morgan fingerprint density at radius 3 is 2.55 bits per heavy atom. The summed E-state index contributed by atoms with van der Waals surface area (Å²) in [5.41, 5.74) is 0.787. The molecule has 20 heavy (non-hydrogen) atoms. The van der Waals surface area contributed by atoms with E-state index < -0.39 is 10.0 Å². The van der Waals surface area contributed by atoms with Crippen molar-refractivity contribution in [2.45, 2.75) is 6.54 Å². The van der Waals surface area contributed by atoms with Gasteiger partial charge in [-0.1, -0.05) is 5.21 Å². The molecule has 0 aliphatic carbocycles. The molecule has 0 aliphatic heterocycles. The standard InChI is InChI=1S/C10H12N6O3S/c1-20(18,19)14-8-4-2-7(3-5-8)10(17)11-6-9-12-15-16-13-9/h2-5,14H,6H2,1H3,(H,11,17)(H,12,13,15,16). The van der Waals surface area contributed by atoms with E-state index in [1.165, 1.54) is 24.3 Å². The maximum absolute atomic E-state index is 11.8. The quantitative estimate of drug-likeness (QED) is 0.682. The van der Waals surface area contributed by atoms with Crippen molar-refractivity contribution >= 4 is 21.6 Å². The summed E-state index contributed by atoms with van der Waals surface area (Å²) in [4.78, 5) is 11.8. The van der Waals surface area contributed by atoms with Gasteiger partial charge in [-0.15, -0.1) is 10.2 Å². The van der Waals surface area contributed by atoms with Gasteiger partial charge in [0.25, 0.3) is 5.91 Å². The molecule has 0 bridgehead atoms. The van der Waals surface area contributed by atoms with Crippen molar-refractivity contribution in [2.24, 2.45) is 0 Å². The third kappa shape index (κ3) is 4.02. The third-order valence-corrected chi connectivity index (χ3v) is 2.85. The number of benzene rings is 1. The van der Waals surface area contributed by atoms with E-state index >= 15 is 0 Å². The number of aromatic nitrogens is 4. The molecule has 1 aromatic heterocycles. The van der Waals surface area contributed by atoms with Gasteiger partial charge in [0, 0.05) is 11.3 Å². The van der Waals surface area contributed by atoms with E-state index in [1.54, 1.807) is 0 Å². The summed E-state index contributed by atoms with van der Waals surface area (Å²) in [6.45, 7) is 0.151. The smallest absolute Gasteiger partial charge is 0.251 e. The number of nitrogens with one attached hydrogen (secondary N) is 3. The van der Waals surface area contributed by atoms with Crippen LogP contribution in [-0.4, -0.2) is 41.2 Å². The highest BCUT2D eigenvalue weighted by molar-refractivity contribution is 7.92. The third-order valence-electron chi connectivity index (χ3n) is 2.25. The number of H-pyrrole nitrogens is 1. The molecule has 0 spiro atoms. The van der Waals surface area contributed by atoms with Crippen LogP contribution in [0.1, 0.15) is 16.2 Å². The highest BCUT2D eigenvalue weighted by Crippen LogP contribution is 2.10. The molecule has 0 saturated carbocycles. The number of carbonyl (C=O) groups is 1. The predicted molar refractivity (Wildman–Crippen MR) is 70.3 cm³/mol. The Morgan fingerprint density at radius 2 is 2.00 bits per heavy atom. The Kier molecular flexibility index (Phi) is 3.94. The summed E-state index contributed by atoms with van der Waals surface area (Å²) in [7, 11) is -3.33. The van der Waals surface area contributed by atoms with Crippen LogP contribution in [0, 0.1) is 0 Å². The van der Waals surface area contributed by atoms with Crippen molar-refractivity contribution in [3.8, 4) is 0 Å². The first kappa shape index (κ1) is 13.9. The lowest BCUT2D eigenvalue weighted by atomic mass is 10.2. The molecule has 0 atom stereocenters. The molecule has 0 unspecified atom stereocenters. The molecule has 0 radical (unpaired) electrons. The molecule has 1 aromatic carbocycles. The van der Waals surface area contributed by atoms with Crippen LogP contribution in [0.15, 0.2) is 24.3 Å². The lowest BCUT2D eigenvalue weighted by Crippen LogP contribution is -2.23. The highest BCUT2D eigenvalue weighted by atomic mass is 32.2. The normalized spacial score (nSPS) is 11.1. The number of amides is 1. The Hall–Kier alpha value is -2.49. The van der Waals surface area contributed by atoms with Crippen molar-refractivity contribution in [3.63, 3.8) is 0 Å². The van der Waals surface area contributed by atoms with Gasteiger partial charge in [-0.2, -0.15) is 5.21 Å². The van der Waals surface area contributed by atoms with Gasteiger partial charge in [0.2, 0.25) is 10.0 Å². The van der Waals surface area contributed by atoms with Crippen molar-refractivity contribution in [1.29, 1.82) is 0 Å². The van der Waals surface area contributed by atoms with Crippen LogP contribution in [0.5, 0.6) is 0 Å². The maximum Gasteiger partial charge on any atom is 0.251 e. The molecule has 2 aromatic rings. The average molecular weight is 296 g/mol. The number of aromatic amines is 1. The van der Waals surface area contributed by atoms with Crippen molar-refractivity contribution < 1.29 is 13.2 Å². The SMILES string of the molecule is CS(=O)(=O)Nc1ccc(C(=O)NCc2nn[nH]n2)cc1. The van der Waals surface area contributed by atoms with Gasteiger partial charge in [0.15, 0.2) is 5.82 Å². The van der Waals surface area contributed by atoms with Crippen LogP contribution in [0.4, 0.5) is 5.69 Å².